The van der Waals surface area contributed by atoms with Gasteiger partial charge in [-0.2, -0.15) is 0 Å². The van der Waals surface area contributed by atoms with Crippen molar-refractivity contribution in [1.82, 2.24) is 0 Å². The molecule has 0 aromatic heterocycles. The number of carbonyl (C=O) groups is 1. The highest BCUT2D eigenvalue weighted by Crippen LogP contribution is 2.67. The van der Waals surface area contributed by atoms with E-state index in [1.165, 1.54) is 0 Å². The summed E-state index contributed by atoms with van der Waals surface area (Å²) in [5.41, 5.74) is -0.348. The number of aliphatic carboxylic acids is 1. The molecular weight excluding hydrogens is 368 g/mol. The van der Waals surface area contributed by atoms with Gasteiger partial charge in [0.2, 0.25) is 0 Å². The van der Waals surface area contributed by atoms with Crippen molar-refractivity contribution < 1.29 is 25.2 Å². The molecule has 0 unspecified atom stereocenters. The van der Waals surface area contributed by atoms with Crippen molar-refractivity contribution in [2.24, 2.45) is 46.3 Å². The molecule has 5 nitrogen and oxygen atoms in total. The Kier molecular flexibility index (Phi) is 5.40. The van der Waals surface area contributed by atoms with Gasteiger partial charge < -0.3 is 20.4 Å². The first kappa shape index (κ1) is 21.3. The molecule has 3 fully saturated rings. The third-order valence-electron chi connectivity index (χ3n) is 9.86. The van der Waals surface area contributed by atoms with E-state index in [-0.39, 0.29) is 52.9 Å². The zero-order valence-corrected chi connectivity index (χ0v) is 18.0. The molecule has 4 aliphatic carbocycles. The highest BCUT2D eigenvalue weighted by atomic mass is 16.4. The Hall–Kier alpha value is -0.910. The minimum Gasteiger partial charge on any atom is -0.481 e. The molecule has 4 N–H and O–H groups in total. The number of aliphatic hydroxyl groups excluding tert-OH is 3. The normalized spacial score (nSPS) is 52.3. The van der Waals surface area contributed by atoms with Gasteiger partial charge in [-0.05, 0) is 84.9 Å². The quantitative estimate of drug-likeness (QED) is 0.538. The number of fused-ring (bicyclic) bond motifs is 5. The lowest BCUT2D eigenvalue weighted by molar-refractivity contribution is -0.188. The Morgan fingerprint density at radius 2 is 1.83 bits per heavy atom. The Morgan fingerprint density at radius 3 is 2.52 bits per heavy atom. The smallest absolute Gasteiger partial charge is 0.303 e. The summed E-state index contributed by atoms with van der Waals surface area (Å²) in [7, 11) is 0. The van der Waals surface area contributed by atoms with E-state index >= 15 is 0 Å². The summed E-state index contributed by atoms with van der Waals surface area (Å²) in [5, 5.41) is 41.9. The fraction of sp³-hybridized carbons (Fsp3) is 0.875. The minimum atomic E-state index is -0.756. The maximum Gasteiger partial charge on any atom is 0.303 e. The molecule has 11 atom stereocenters. The molecule has 0 aromatic carbocycles. The summed E-state index contributed by atoms with van der Waals surface area (Å²) in [6.07, 6.45) is 7.77. The van der Waals surface area contributed by atoms with Crippen LogP contribution in [0.5, 0.6) is 0 Å². The van der Waals surface area contributed by atoms with E-state index in [4.69, 9.17) is 5.11 Å². The molecule has 0 bridgehead atoms. The highest BCUT2D eigenvalue weighted by molar-refractivity contribution is 5.66. The number of hydrogen-bond donors (Lipinski definition) is 4. The van der Waals surface area contributed by atoms with Crippen molar-refractivity contribution in [2.45, 2.75) is 84.0 Å². The van der Waals surface area contributed by atoms with Gasteiger partial charge in [0.15, 0.2) is 0 Å². The van der Waals surface area contributed by atoms with Gasteiger partial charge in [0.1, 0.15) is 0 Å². The second-order valence-corrected chi connectivity index (χ2v) is 11.0. The number of rotatable bonds is 4. The van der Waals surface area contributed by atoms with E-state index < -0.39 is 18.2 Å². The maximum absolute atomic E-state index is 11.4. The fourth-order valence-electron chi connectivity index (χ4n) is 8.25. The first-order valence-corrected chi connectivity index (χ1v) is 11.5. The number of aliphatic hydroxyl groups is 3. The van der Waals surface area contributed by atoms with E-state index in [1.54, 1.807) is 0 Å². The average molecular weight is 407 g/mol. The van der Waals surface area contributed by atoms with E-state index in [0.717, 1.165) is 19.3 Å². The van der Waals surface area contributed by atoms with E-state index in [9.17, 15) is 20.1 Å². The molecule has 0 aliphatic heterocycles. The van der Waals surface area contributed by atoms with Gasteiger partial charge in [-0.3, -0.25) is 4.79 Å². The van der Waals surface area contributed by atoms with Crippen LogP contribution in [-0.4, -0.2) is 44.7 Å². The van der Waals surface area contributed by atoms with E-state index in [0.29, 0.717) is 25.2 Å². The first-order valence-electron chi connectivity index (χ1n) is 11.5. The van der Waals surface area contributed by atoms with Gasteiger partial charge in [0.05, 0.1) is 18.3 Å². The van der Waals surface area contributed by atoms with Crippen molar-refractivity contribution in [3.63, 3.8) is 0 Å². The standard InChI is InChI=1S/C24H38O5/c1-13(4-7-21(28)29)16-5-6-17-22-18(12-20(27)24(16,17)3)23(2)9-8-15(25)10-14(23)11-19(22)26/h8-9,13-20,22,25-27H,4-7,10-12H2,1-3H3,(H,28,29)/t13-,14+,15-,16-,17+,18+,19-,20+,22+,23+,24-/m1/s1. The van der Waals surface area contributed by atoms with Crippen LogP contribution in [0.1, 0.15) is 65.7 Å². The van der Waals surface area contributed by atoms with Crippen molar-refractivity contribution in [3.05, 3.63) is 12.2 Å². The Labute approximate surface area is 174 Å². The molecule has 4 aliphatic rings. The summed E-state index contributed by atoms with van der Waals surface area (Å²) in [5.74, 6) is 0.699. The Morgan fingerprint density at radius 1 is 1.10 bits per heavy atom. The number of hydrogen-bond acceptors (Lipinski definition) is 4. The lowest BCUT2D eigenvalue weighted by Gasteiger charge is -2.62. The molecule has 4 rings (SSSR count). The molecular formula is C24H38O5. The average Bonchev–Trinajstić information content (AvgIpc) is 3.01. The van der Waals surface area contributed by atoms with E-state index in [2.05, 4.69) is 26.8 Å². The predicted molar refractivity (Wildman–Crippen MR) is 110 cm³/mol. The molecule has 0 amide bonds. The van der Waals surface area contributed by atoms with Crippen molar-refractivity contribution in [2.75, 3.05) is 0 Å². The summed E-state index contributed by atoms with van der Waals surface area (Å²) in [6.45, 7) is 6.61. The lowest BCUT2D eigenvalue weighted by Crippen LogP contribution is -2.61. The predicted octanol–water partition coefficient (Wildman–Crippen LogP) is 3.22. The van der Waals surface area contributed by atoms with Crippen LogP contribution in [0.25, 0.3) is 0 Å². The third-order valence-corrected chi connectivity index (χ3v) is 9.86. The van der Waals surface area contributed by atoms with Gasteiger partial charge in [0.25, 0.3) is 0 Å². The third kappa shape index (κ3) is 3.19. The maximum atomic E-state index is 11.4. The first-order chi connectivity index (χ1) is 13.6. The summed E-state index contributed by atoms with van der Waals surface area (Å²) < 4.78 is 0. The van der Waals surface area contributed by atoms with Crippen LogP contribution in [0.4, 0.5) is 0 Å². The van der Waals surface area contributed by atoms with Gasteiger partial charge in [-0.15, -0.1) is 0 Å². The van der Waals surface area contributed by atoms with Gasteiger partial charge in [-0.25, -0.2) is 0 Å². The van der Waals surface area contributed by atoms with Crippen LogP contribution >= 0.6 is 0 Å². The number of carboxylic acids is 1. The molecule has 0 saturated heterocycles. The van der Waals surface area contributed by atoms with Gasteiger partial charge >= 0.3 is 5.97 Å². The van der Waals surface area contributed by atoms with Crippen molar-refractivity contribution in [1.29, 1.82) is 0 Å². The zero-order chi connectivity index (χ0) is 21.1. The number of allylic oxidation sites excluding steroid dienone is 1. The zero-order valence-electron chi connectivity index (χ0n) is 18.0. The highest BCUT2D eigenvalue weighted by Gasteiger charge is 2.65. The second kappa shape index (κ2) is 7.35. The summed E-state index contributed by atoms with van der Waals surface area (Å²) in [6, 6.07) is 0. The summed E-state index contributed by atoms with van der Waals surface area (Å²) >= 11 is 0. The molecule has 29 heavy (non-hydrogen) atoms. The van der Waals surface area contributed by atoms with Crippen LogP contribution < -0.4 is 0 Å². The topological polar surface area (TPSA) is 98.0 Å². The van der Waals surface area contributed by atoms with Crippen LogP contribution in [0, 0.1) is 46.3 Å². The lowest BCUT2D eigenvalue weighted by atomic mass is 9.44. The van der Waals surface area contributed by atoms with Crippen LogP contribution in [0.2, 0.25) is 0 Å². The molecule has 3 saturated carbocycles. The fourth-order valence-corrected chi connectivity index (χ4v) is 8.25. The van der Waals surface area contributed by atoms with Crippen LogP contribution in [-0.2, 0) is 4.79 Å². The van der Waals surface area contributed by atoms with Crippen molar-refractivity contribution in [3.8, 4) is 0 Å². The number of carboxylic acid groups (broad SMARTS) is 1. The molecule has 0 aromatic rings. The largest absolute Gasteiger partial charge is 0.481 e. The molecule has 0 spiro atoms. The Balaban J connectivity index is 1.63. The van der Waals surface area contributed by atoms with Crippen molar-refractivity contribution >= 4 is 5.97 Å². The van der Waals surface area contributed by atoms with Crippen LogP contribution in [0.3, 0.4) is 0 Å². The van der Waals surface area contributed by atoms with E-state index in [1.807, 2.05) is 6.08 Å². The minimum absolute atomic E-state index is 0.0849. The second-order valence-electron chi connectivity index (χ2n) is 11.0. The summed E-state index contributed by atoms with van der Waals surface area (Å²) in [4.78, 5) is 11.1. The molecule has 5 heteroatoms. The van der Waals surface area contributed by atoms with Gasteiger partial charge in [-0.1, -0.05) is 32.9 Å². The molecule has 164 valence electrons. The Bertz CT molecular complexity index is 676. The van der Waals surface area contributed by atoms with Gasteiger partial charge in [0, 0.05) is 6.42 Å². The monoisotopic (exact) mass is 406 g/mol. The molecule has 0 heterocycles. The van der Waals surface area contributed by atoms with Crippen LogP contribution in [0.15, 0.2) is 12.2 Å². The molecule has 0 radical (unpaired) electrons. The SMILES string of the molecule is C[C@H](CCC(=O)O)[C@H]1CC[C@H]2[C@@H]3[C@H](O)C[C@@H]4C[C@H](O)C=C[C@]4(C)[C@H]3C[C@H](O)[C@]12C.